The molecule has 1 atom stereocenters. The molecule has 1 aromatic heterocycles. The van der Waals surface area contributed by atoms with E-state index in [4.69, 9.17) is 0 Å². The number of carbonyl (C=O) groups is 2. The molecule has 9 heteroatoms. The molecule has 3 N–H and O–H groups in total. The van der Waals surface area contributed by atoms with Crippen molar-refractivity contribution in [1.29, 1.82) is 0 Å². The van der Waals surface area contributed by atoms with Crippen LogP contribution in [0.2, 0.25) is 0 Å². The van der Waals surface area contributed by atoms with Gasteiger partial charge < -0.3 is 20.9 Å². The van der Waals surface area contributed by atoms with Gasteiger partial charge in [-0.05, 0) is 44.2 Å². The Morgan fingerprint density at radius 1 is 1.00 bits per heavy atom. The Kier molecular flexibility index (Phi) is 8.48. The van der Waals surface area contributed by atoms with E-state index in [1.165, 1.54) is 12.8 Å². The Labute approximate surface area is 177 Å². The topological polar surface area (TPSA) is 91.3 Å². The van der Waals surface area contributed by atoms with Crippen molar-refractivity contribution in [2.45, 2.75) is 31.7 Å². The maximum Gasteiger partial charge on any atom is 0.321 e. The van der Waals surface area contributed by atoms with Gasteiger partial charge in [-0.2, -0.15) is 5.10 Å². The van der Waals surface area contributed by atoms with Crippen LogP contribution in [0.25, 0.3) is 0 Å². The SMILES string of the molecule is CNC(C(=O)Nc1ccc(NC(=O)N2CCCCCC2)cc1)c1cnn(C)c1.Cl. The number of hydrogen-bond acceptors (Lipinski definition) is 4. The number of likely N-dealkylation sites (N-methyl/N-ethyl adjacent to an activating group) is 1. The summed E-state index contributed by atoms with van der Waals surface area (Å²) in [5.41, 5.74) is 2.18. The summed E-state index contributed by atoms with van der Waals surface area (Å²) in [6.07, 6.45) is 7.96. The lowest BCUT2D eigenvalue weighted by Crippen LogP contribution is -2.35. The molecule has 2 heterocycles. The molecule has 0 saturated carbocycles. The molecule has 0 aliphatic carbocycles. The Hall–Kier alpha value is -2.58. The summed E-state index contributed by atoms with van der Waals surface area (Å²) >= 11 is 0. The van der Waals surface area contributed by atoms with Gasteiger partial charge in [0.1, 0.15) is 6.04 Å². The van der Waals surface area contributed by atoms with Crippen molar-refractivity contribution >= 4 is 35.7 Å². The first-order valence-electron chi connectivity index (χ1n) is 9.69. The lowest BCUT2D eigenvalue weighted by Gasteiger charge is -2.21. The van der Waals surface area contributed by atoms with Crippen molar-refractivity contribution in [3.8, 4) is 0 Å². The van der Waals surface area contributed by atoms with Gasteiger partial charge in [0.15, 0.2) is 0 Å². The van der Waals surface area contributed by atoms with E-state index in [1.54, 1.807) is 42.2 Å². The average molecular weight is 421 g/mol. The summed E-state index contributed by atoms with van der Waals surface area (Å²) in [7, 11) is 3.55. The van der Waals surface area contributed by atoms with E-state index < -0.39 is 6.04 Å². The van der Waals surface area contributed by atoms with E-state index in [0.29, 0.717) is 11.4 Å². The van der Waals surface area contributed by atoms with Crippen LogP contribution in [-0.2, 0) is 11.8 Å². The molecule has 0 bridgehead atoms. The average Bonchev–Trinajstić information content (AvgIpc) is 2.94. The molecule has 3 rings (SSSR count). The van der Waals surface area contributed by atoms with E-state index in [-0.39, 0.29) is 24.3 Å². The van der Waals surface area contributed by atoms with Crippen LogP contribution < -0.4 is 16.0 Å². The molecule has 0 radical (unpaired) electrons. The molecule has 2 aromatic rings. The predicted molar refractivity (Wildman–Crippen MR) is 116 cm³/mol. The van der Waals surface area contributed by atoms with Crippen molar-refractivity contribution in [1.82, 2.24) is 20.0 Å². The number of aryl methyl sites for hydroxylation is 1. The highest BCUT2D eigenvalue weighted by atomic mass is 35.5. The number of benzene rings is 1. The summed E-state index contributed by atoms with van der Waals surface area (Å²) < 4.78 is 1.66. The number of rotatable bonds is 5. The van der Waals surface area contributed by atoms with Crippen molar-refractivity contribution in [3.05, 3.63) is 42.2 Å². The van der Waals surface area contributed by atoms with Gasteiger partial charge in [0.05, 0.1) is 6.20 Å². The van der Waals surface area contributed by atoms with Crippen molar-refractivity contribution in [3.63, 3.8) is 0 Å². The number of halogens is 1. The summed E-state index contributed by atoms with van der Waals surface area (Å²) in [6, 6.07) is 6.60. The van der Waals surface area contributed by atoms with Gasteiger partial charge in [-0.3, -0.25) is 9.48 Å². The first kappa shape index (κ1) is 22.7. The first-order valence-corrected chi connectivity index (χ1v) is 9.69. The molecule has 8 nitrogen and oxygen atoms in total. The minimum atomic E-state index is -0.490. The zero-order chi connectivity index (χ0) is 19.9. The summed E-state index contributed by atoms with van der Waals surface area (Å²) in [6.45, 7) is 1.61. The van der Waals surface area contributed by atoms with Crippen LogP contribution >= 0.6 is 12.4 Å². The molecule has 0 spiro atoms. The molecular formula is C20H29ClN6O2. The van der Waals surface area contributed by atoms with Crippen LogP contribution in [0.15, 0.2) is 36.7 Å². The number of hydrogen-bond donors (Lipinski definition) is 3. The Balaban J connectivity index is 0.00000300. The summed E-state index contributed by atoms with van der Waals surface area (Å²) in [5, 5.41) is 12.9. The first-order chi connectivity index (χ1) is 13.6. The Morgan fingerprint density at radius 2 is 1.59 bits per heavy atom. The van der Waals surface area contributed by atoms with Crippen LogP contribution in [0.1, 0.15) is 37.3 Å². The van der Waals surface area contributed by atoms with Gasteiger partial charge in [-0.25, -0.2) is 4.79 Å². The molecule has 3 amide bonds. The molecule has 29 heavy (non-hydrogen) atoms. The Morgan fingerprint density at radius 3 is 2.10 bits per heavy atom. The number of carbonyl (C=O) groups excluding carboxylic acids is 2. The van der Waals surface area contributed by atoms with E-state index in [9.17, 15) is 9.59 Å². The van der Waals surface area contributed by atoms with Crippen molar-refractivity contribution in [2.75, 3.05) is 30.8 Å². The van der Waals surface area contributed by atoms with Crippen LogP contribution in [0, 0.1) is 0 Å². The van der Waals surface area contributed by atoms with E-state index in [1.807, 2.05) is 18.1 Å². The third-order valence-corrected chi connectivity index (χ3v) is 4.91. The van der Waals surface area contributed by atoms with Gasteiger partial charge in [0, 0.05) is 43.3 Å². The van der Waals surface area contributed by atoms with Crippen LogP contribution in [0.4, 0.5) is 16.2 Å². The van der Waals surface area contributed by atoms with Gasteiger partial charge in [-0.1, -0.05) is 12.8 Å². The normalized spacial score (nSPS) is 15.0. The van der Waals surface area contributed by atoms with E-state index in [0.717, 1.165) is 31.5 Å². The molecule has 158 valence electrons. The maximum atomic E-state index is 12.6. The highest BCUT2D eigenvalue weighted by molar-refractivity contribution is 5.96. The summed E-state index contributed by atoms with van der Waals surface area (Å²) in [4.78, 5) is 26.8. The van der Waals surface area contributed by atoms with Gasteiger partial charge in [0.25, 0.3) is 0 Å². The smallest absolute Gasteiger partial charge is 0.321 e. The van der Waals surface area contributed by atoms with Gasteiger partial charge in [0.2, 0.25) is 5.91 Å². The predicted octanol–water partition coefficient (Wildman–Crippen LogP) is 3.15. The maximum absolute atomic E-state index is 12.6. The molecule has 1 unspecified atom stereocenters. The number of nitrogens with one attached hydrogen (secondary N) is 3. The van der Waals surface area contributed by atoms with Gasteiger partial charge in [-0.15, -0.1) is 12.4 Å². The second kappa shape index (κ2) is 10.8. The minimum Gasteiger partial charge on any atom is -0.325 e. The number of urea groups is 1. The van der Waals surface area contributed by atoms with E-state index in [2.05, 4.69) is 21.0 Å². The standard InChI is InChI=1S/C20H28N6O2.ClH/c1-21-18(15-13-22-25(2)14-15)19(27)23-16-7-9-17(10-8-16)24-20(28)26-11-5-3-4-6-12-26;/h7-10,13-14,18,21H,3-6,11-12H2,1-2H3,(H,23,27)(H,24,28);1H. The number of nitrogens with zero attached hydrogens (tertiary/aromatic N) is 3. The molecule has 1 saturated heterocycles. The number of aromatic nitrogens is 2. The summed E-state index contributed by atoms with van der Waals surface area (Å²) in [5.74, 6) is -0.170. The second-order valence-corrected chi connectivity index (χ2v) is 7.07. The van der Waals surface area contributed by atoms with Gasteiger partial charge >= 0.3 is 6.03 Å². The van der Waals surface area contributed by atoms with E-state index >= 15 is 0 Å². The molecule has 1 aliphatic heterocycles. The van der Waals surface area contributed by atoms with Crippen LogP contribution in [0.3, 0.4) is 0 Å². The fraction of sp³-hybridized carbons (Fsp3) is 0.450. The Bertz CT molecular complexity index is 800. The highest BCUT2D eigenvalue weighted by Crippen LogP contribution is 2.18. The molecular weight excluding hydrogens is 392 g/mol. The monoisotopic (exact) mass is 420 g/mol. The second-order valence-electron chi connectivity index (χ2n) is 7.07. The molecule has 1 aromatic carbocycles. The molecule has 1 aliphatic rings. The number of anilines is 2. The molecule has 1 fully saturated rings. The van der Waals surface area contributed by atoms with Crippen molar-refractivity contribution < 1.29 is 9.59 Å². The van der Waals surface area contributed by atoms with Crippen LogP contribution in [-0.4, -0.2) is 46.8 Å². The lowest BCUT2D eigenvalue weighted by atomic mass is 10.1. The third kappa shape index (κ3) is 6.20. The fourth-order valence-electron chi connectivity index (χ4n) is 3.37. The zero-order valence-corrected chi connectivity index (χ0v) is 17.7. The lowest BCUT2D eigenvalue weighted by molar-refractivity contribution is -0.118. The highest BCUT2D eigenvalue weighted by Gasteiger charge is 2.20. The number of amides is 3. The quantitative estimate of drug-likeness (QED) is 0.692. The minimum absolute atomic E-state index is 0. The zero-order valence-electron chi connectivity index (χ0n) is 16.9. The largest absolute Gasteiger partial charge is 0.325 e. The van der Waals surface area contributed by atoms with Crippen LogP contribution in [0.5, 0.6) is 0 Å². The van der Waals surface area contributed by atoms with Crippen molar-refractivity contribution in [2.24, 2.45) is 7.05 Å². The fourth-order valence-corrected chi connectivity index (χ4v) is 3.37. The number of likely N-dealkylation sites (tertiary alicyclic amines) is 1. The third-order valence-electron chi connectivity index (χ3n) is 4.91.